The highest BCUT2D eigenvalue weighted by molar-refractivity contribution is 7.52. The van der Waals surface area contributed by atoms with Crippen LogP contribution >= 0.6 is 7.60 Å². The number of aliphatic carboxylic acids is 1. The minimum atomic E-state index is -4.28. The first kappa shape index (κ1) is 28.5. The van der Waals surface area contributed by atoms with Crippen LogP contribution in [-0.2, 0) is 28.2 Å². The number of nitrogens with one attached hydrogen (secondary N) is 1. The molecule has 0 aromatic heterocycles. The van der Waals surface area contributed by atoms with Crippen LogP contribution in [0.1, 0.15) is 59.3 Å². The first-order valence-electron chi connectivity index (χ1n) is 9.00. The number of rotatable bonds is 13. The average Bonchev–Trinajstić information content (AvgIpc) is 2.58. The van der Waals surface area contributed by atoms with Crippen LogP contribution in [0.4, 0.5) is 4.79 Å². The van der Waals surface area contributed by atoms with Gasteiger partial charge >= 0.3 is 25.6 Å². The summed E-state index contributed by atoms with van der Waals surface area (Å²) in [6.07, 6.45) is 3.19. The van der Waals surface area contributed by atoms with E-state index in [9.17, 15) is 23.8 Å². The first-order chi connectivity index (χ1) is 13.0. The van der Waals surface area contributed by atoms with Gasteiger partial charge in [-0.1, -0.05) is 46.5 Å². The van der Waals surface area contributed by atoms with Gasteiger partial charge < -0.3 is 30.5 Å². The van der Waals surface area contributed by atoms with Gasteiger partial charge in [-0.2, -0.15) is 0 Å². The van der Waals surface area contributed by atoms with E-state index in [1.807, 2.05) is 19.2 Å². The Hall–Kier alpha value is -1.68. The van der Waals surface area contributed by atoms with E-state index >= 15 is 0 Å². The van der Waals surface area contributed by atoms with Crippen LogP contribution in [0.2, 0.25) is 0 Å². The third-order valence-corrected chi connectivity index (χ3v) is 3.80. The lowest BCUT2D eigenvalue weighted by Crippen LogP contribution is -2.27. The summed E-state index contributed by atoms with van der Waals surface area (Å²) >= 11 is 0. The zero-order valence-electron chi connectivity index (χ0n) is 16.7. The van der Waals surface area contributed by atoms with E-state index in [4.69, 9.17) is 10.8 Å². The number of amides is 1. The van der Waals surface area contributed by atoms with Crippen molar-refractivity contribution in [1.82, 2.24) is 5.32 Å². The Kier molecular flexibility index (Phi) is 17.7. The molecule has 1 unspecified atom stereocenters. The highest BCUT2D eigenvalue weighted by atomic mass is 31.2. The number of nitrogens with two attached hydrogens (primary N) is 1. The van der Waals surface area contributed by atoms with Crippen molar-refractivity contribution in [2.75, 3.05) is 19.7 Å². The van der Waals surface area contributed by atoms with Gasteiger partial charge in [0.2, 0.25) is 6.79 Å². The van der Waals surface area contributed by atoms with Crippen LogP contribution < -0.4 is 11.1 Å². The molecule has 0 bridgehead atoms. The van der Waals surface area contributed by atoms with Crippen molar-refractivity contribution in [1.29, 1.82) is 0 Å². The number of hydrogen-bond donors (Lipinski definition) is 4. The Morgan fingerprint density at radius 1 is 1.11 bits per heavy atom. The number of carbonyl (C=O) groups excluding carboxylic acids is 2. The van der Waals surface area contributed by atoms with Gasteiger partial charge in [-0.3, -0.25) is 13.9 Å². The molecule has 11 nitrogen and oxygen atoms in total. The molecule has 0 aliphatic carbocycles. The number of carbonyl (C=O) groups is 3. The second-order valence-corrected chi connectivity index (χ2v) is 7.96. The van der Waals surface area contributed by atoms with Crippen molar-refractivity contribution in [3.8, 4) is 0 Å². The Balaban J connectivity index is 0. The molecule has 28 heavy (non-hydrogen) atoms. The van der Waals surface area contributed by atoms with Crippen molar-refractivity contribution in [3.63, 3.8) is 0 Å². The number of alkyl carbamates (subject to hydrolysis) is 1. The summed E-state index contributed by atoms with van der Waals surface area (Å²) < 4.78 is 24.7. The molecule has 0 saturated heterocycles. The molecule has 5 N–H and O–H groups in total. The minimum Gasteiger partial charge on any atom is -0.480 e. The van der Waals surface area contributed by atoms with Gasteiger partial charge in [-0.05, 0) is 12.5 Å². The molecule has 0 aromatic rings. The Morgan fingerprint density at radius 3 is 2.21 bits per heavy atom. The van der Waals surface area contributed by atoms with Crippen LogP contribution in [0.15, 0.2) is 0 Å². The second kappa shape index (κ2) is 17.4. The fraction of sp³-hybridized carbons (Fsp3) is 0.812. The van der Waals surface area contributed by atoms with Gasteiger partial charge in [0, 0.05) is 6.42 Å². The van der Waals surface area contributed by atoms with Gasteiger partial charge in [-0.15, -0.1) is 0 Å². The molecule has 1 atom stereocenters. The number of carboxylic acids is 1. The Morgan fingerprint density at radius 2 is 1.68 bits per heavy atom. The topological polar surface area (TPSA) is 174 Å². The van der Waals surface area contributed by atoms with E-state index in [-0.39, 0.29) is 6.42 Å². The average molecular weight is 428 g/mol. The maximum Gasteiger partial charge on any atom is 0.410 e. The third kappa shape index (κ3) is 24.3. The van der Waals surface area contributed by atoms with Gasteiger partial charge in [0.25, 0.3) is 0 Å². The van der Waals surface area contributed by atoms with Gasteiger partial charge in [-0.25, -0.2) is 9.59 Å². The second-order valence-electron chi connectivity index (χ2n) is 6.11. The Labute approximate surface area is 165 Å². The number of carboxylic acid groups (broad SMARTS) is 1. The van der Waals surface area contributed by atoms with E-state index in [2.05, 4.69) is 20.9 Å². The smallest absolute Gasteiger partial charge is 0.410 e. The summed E-state index contributed by atoms with van der Waals surface area (Å²) in [5, 5.41) is 10.2. The maximum atomic E-state index is 11.3. The summed E-state index contributed by atoms with van der Waals surface area (Å²) in [6, 6.07) is 0.333. The molecule has 0 heterocycles. The summed E-state index contributed by atoms with van der Waals surface area (Å²) in [4.78, 5) is 41.9. The fourth-order valence-corrected chi connectivity index (χ4v) is 2.24. The molecule has 0 aromatic carbocycles. The molecule has 0 aliphatic rings. The molecule has 0 saturated carbocycles. The number of unbranched alkanes of at least 4 members (excludes halogenated alkanes) is 4. The van der Waals surface area contributed by atoms with Crippen LogP contribution in [0, 0.1) is 0 Å². The zero-order valence-corrected chi connectivity index (χ0v) is 17.6. The molecular formula is C16H33N2O9P. The fourth-order valence-electron chi connectivity index (χ4n) is 1.51. The van der Waals surface area contributed by atoms with Crippen molar-refractivity contribution in [2.45, 2.75) is 65.3 Å². The lowest BCUT2D eigenvalue weighted by molar-refractivity contribution is -0.152. The molecule has 0 rings (SSSR count). The van der Waals surface area contributed by atoms with Gasteiger partial charge in [0.15, 0.2) is 6.61 Å². The van der Waals surface area contributed by atoms with E-state index in [1.165, 1.54) is 0 Å². The molecule has 0 fully saturated rings. The van der Waals surface area contributed by atoms with Crippen LogP contribution in [0.3, 0.4) is 0 Å². The van der Waals surface area contributed by atoms with E-state index in [1.54, 1.807) is 0 Å². The molecular weight excluding hydrogens is 395 g/mol. The SMILES string of the molecule is CC(C)N.CCCCCCCC(=O)OCOC(=O)NCP(=O)(O)OCC(=O)O. The minimum absolute atomic E-state index is 0.226. The van der Waals surface area contributed by atoms with Crippen molar-refractivity contribution < 1.29 is 42.9 Å². The largest absolute Gasteiger partial charge is 0.480 e. The monoisotopic (exact) mass is 428 g/mol. The molecule has 1 amide bonds. The number of hydrogen-bond acceptors (Lipinski definition) is 8. The molecule has 0 radical (unpaired) electrons. The van der Waals surface area contributed by atoms with Crippen LogP contribution in [0.25, 0.3) is 0 Å². The van der Waals surface area contributed by atoms with Crippen molar-refractivity contribution >= 4 is 25.6 Å². The summed E-state index contributed by atoms with van der Waals surface area (Å²) in [7, 11) is -4.28. The van der Waals surface area contributed by atoms with E-state index in [0.29, 0.717) is 12.5 Å². The standard InChI is InChI=1S/C13H24NO9P.C3H9N/c1-2-3-4-5-6-7-12(17)21-10-22-13(18)14-9-24(19,20)23-8-11(15)16;1-3(2)4/h2-10H2,1H3,(H,14,18)(H,15,16)(H,19,20);3H,4H2,1-2H3. The van der Waals surface area contributed by atoms with Gasteiger partial charge in [0.1, 0.15) is 6.29 Å². The lowest BCUT2D eigenvalue weighted by atomic mass is 10.1. The van der Waals surface area contributed by atoms with Gasteiger partial charge in [0.05, 0.1) is 0 Å². The van der Waals surface area contributed by atoms with Crippen molar-refractivity contribution in [2.24, 2.45) is 5.73 Å². The molecule has 166 valence electrons. The summed E-state index contributed by atoms with van der Waals surface area (Å²) in [6.45, 7) is 4.39. The highest BCUT2D eigenvalue weighted by Crippen LogP contribution is 2.39. The van der Waals surface area contributed by atoms with Crippen LogP contribution in [0.5, 0.6) is 0 Å². The van der Waals surface area contributed by atoms with E-state index < -0.39 is 45.3 Å². The van der Waals surface area contributed by atoms with Crippen molar-refractivity contribution in [3.05, 3.63) is 0 Å². The maximum absolute atomic E-state index is 11.3. The number of esters is 1. The molecule has 12 heteroatoms. The van der Waals surface area contributed by atoms with Crippen LogP contribution in [-0.4, -0.2) is 53.8 Å². The third-order valence-electron chi connectivity index (χ3n) is 2.71. The summed E-state index contributed by atoms with van der Waals surface area (Å²) in [5.41, 5.74) is 5.11. The normalized spacial score (nSPS) is 12.4. The predicted octanol–water partition coefficient (Wildman–Crippen LogP) is 2.17. The highest BCUT2D eigenvalue weighted by Gasteiger charge is 2.22. The lowest BCUT2D eigenvalue weighted by Gasteiger charge is -2.12. The van der Waals surface area contributed by atoms with E-state index in [0.717, 1.165) is 25.7 Å². The summed E-state index contributed by atoms with van der Waals surface area (Å²) in [5.74, 6) is -1.93. The zero-order chi connectivity index (χ0) is 22.0. The predicted molar refractivity (Wildman–Crippen MR) is 102 cm³/mol. The molecule has 0 spiro atoms. The number of ether oxygens (including phenoxy) is 2. The molecule has 0 aliphatic heterocycles. The quantitative estimate of drug-likeness (QED) is 0.147. The first-order valence-corrected chi connectivity index (χ1v) is 10.8. The Bertz CT molecular complexity index is 498.